The molecule has 0 aliphatic carbocycles. The van der Waals surface area contributed by atoms with Gasteiger partial charge in [0.2, 0.25) is 0 Å². The second-order valence-corrected chi connectivity index (χ2v) is 4.87. The van der Waals surface area contributed by atoms with Crippen molar-refractivity contribution in [3.05, 3.63) is 53.0 Å². The third-order valence-corrected chi connectivity index (χ3v) is 3.29. The fourth-order valence-electron chi connectivity index (χ4n) is 2.23. The lowest BCUT2D eigenvalue weighted by Crippen LogP contribution is -1.98. The maximum absolute atomic E-state index is 11.5. The highest BCUT2D eigenvalue weighted by Gasteiger charge is 2.19. The zero-order valence-electron chi connectivity index (χ0n) is 12.9. The van der Waals surface area contributed by atoms with Crippen LogP contribution in [0.15, 0.2) is 62.9 Å². The van der Waals surface area contributed by atoms with E-state index in [2.05, 4.69) is 27.1 Å². The Labute approximate surface area is 138 Å². The zero-order chi connectivity index (χ0) is 17.4. The molecule has 0 aromatic heterocycles. The SMILES string of the molecule is C=NCC/C=C\CN=Nc1cc2ccccc2c(C(=O)O)c1N=O. The van der Waals surface area contributed by atoms with E-state index >= 15 is 0 Å². The molecule has 0 saturated carbocycles. The fraction of sp³-hybridized carbons (Fsp3) is 0.176. The summed E-state index contributed by atoms with van der Waals surface area (Å²) in [5.74, 6) is -1.23. The lowest BCUT2D eigenvalue weighted by Gasteiger charge is -2.06. The van der Waals surface area contributed by atoms with E-state index in [0.29, 0.717) is 23.9 Å². The van der Waals surface area contributed by atoms with Gasteiger partial charge in [-0.1, -0.05) is 36.4 Å². The van der Waals surface area contributed by atoms with Gasteiger partial charge in [-0.05, 0) is 35.2 Å². The predicted molar refractivity (Wildman–Crippen MR) is 93.9 cm³/mol. The number of nitroso groups, excluding NO2 is 1. The number of carbonyl (C=O) groups is 1. The molecule has 122 valence electrons. The number of benzene rings is 2. The highest BCUT2D eigenvalue weighted by Crippen LogP contribution is 2.38. The fourth-order valence-corrected chi connectivity index (χ4v) is 2.23. The van der Waals surface area contributed by atoms with Gasteiger partial charge in [-0.15, -0.1) is 4.91 Å². The monoisotopic (exact) mass is 324 g/mol. The molecule has 0 saturated heterocycles. The first kappa shape index (κ1) is 17.1. The van der Waals surface area contributed by atoms with Crippen LogP contribution in [0.5, 0.6) is 0 Å². The number of aliphatic imine (C=N–C) groups is 1. The van der Waals surface area contributed by atoms with Gasteiger partial charge in [-0.25, -0.2) is 4.79 Å². The molecule has 0 spiro atoms. The van der Waals surface area contributed by atoms with E-state index in [0.717, 1.165) is 6.42 Å². The van der Waals surface area contributed by atoms with Gasteiger partial charge in [0.15, 0.2) is 5.69 Å². The van der Waals surface area contributed by atoms with Crippen molar-refractivity contribution in [2.75, 3.05) is 13.1 Å². The van der Waals surface area contributed by atoms with Crippen molar-refractivity contribution in [2.45, 2.75) is 6.42 Å². The lowest BCUT2D eigenvalue weighted by molar-refractivity contribution is 0.0700. The van der Waals surface area contributed by atoms with E-state index in [-0.39, 0.29) is 16.9 Å². The molecular formula is C17H16N4O3. The van der Waals surface area contributed by atoms with Crippen molar-refractivity contribution in [1.29, 1.82) is 0 Å². The molecule has 0 bridgehead atoms. The van der Waals surface area contributed by atoms with Gasteiger partial charge in [-0.2, -0.15) is 10.2 Å². The first-order valence-electron chi connectivity index (χ1n) is 7.26. The topological polar surface area (TPSA) is 104 Å². The number of carboxylic acid groups (broad SMARTS) is 1. The van der Waals surface area contributed by atoms with Gasteiger partial charge in [-0.3, -0.25) is 0 Å². The number of aromatic carboxylic acids is 1. The normalized spacial score (nSPS) is 11.3. The summed E-state index contributed by atoms with van der Waals surface area (Å²) in [4.78, 5) is 26.4. The van der Waals surface area contributed by atoms with Crippen molar-refractivity contribution in [3.8, 4) is 0 Å². The molecule has 0 atom stereocenters. The molecule has 0 heterocycles. The quantitative estimate of drug-likeness (QED) is 0.251. The van der Waals surface area contributed by atoms with E-state index in [9.17, 15) is 14.8 Å². The average molecular weight is 324 g/mol. The summed E-state index contributed by atoms with van der Waals surface area (Å²) in [6.45, 7) is 4.34. The summed E-state index contributed by atoms with van der Waals surface area (Å²) in [5.41, 5.74) is -0.239. The molecule has 7 heteroatoms. The van der Waals surface area contributed by atoms with Crippen LogP contribution in [0.25, 0.3) is 10.8 Å². The number of hydrogen-bond acceptors (Lipinski definition) is 6. The largest absolute Gasteiger partial charge is 0.478 e. The Morgan fingerprint density at radius 2 is 2.04 bits per heavy atom. The summed E-state index contributed by atoms with van der Waals surface area (Å²) >= 11 is 0. The summed E-state index contributed by atoms with van der Waals surface area (Å²) < 4.78 is 0. The lowest BCUT2D eigenvalue weighted by atomic mass is 10.0. The van der Waals surface area contributed by atoms with E-state index in [4.69, 9.17) is 0 Å². The van der Waals surface area contributed by atoms with Crippen LogP contribution in [-0.4, -0.2) is 30.9 Å². The zero-order valence-corrected chi connectivity index (χ0v) is 12.9. The van der Waals surface area contributed by atoms with Crippen LogP contribution in [0.2, 0.25) is 0 Å². The number of carboxylic acids is 1. The average Bonchev–Trinajstić information content (AvgIpc) is 2.59. The molecule has 0 aliphatic heterocycles. The number of nitrogens with zero attached hydrogens (tertiary/aromatic N) is 4. The maximum Gasteiger partial charge on any atom is 0.338 e. The summed E-state index contributed by atoms with van der Waals surface area (Å²) in [7, 11) is 0. The van der Waals surface area contributed by atoms with Crippen LogP contribution in [0, 0.1) is 4.91 Å². The second-order valence-electron chi connectivity index (χ2n) is 4.87. The summed E-state index contributed by atoms with van der Waals surface area (Å²) in [6.07, 6.45) is 4.47. The number of fused-ring (bicyclic) bond motifs is 1. The number of azo groups is 1. The Bertz CT molecular complexity index is 828. The standard InChI is InChI=1S/C17H16N4O3/c1-18-9-5-2-6-10-19-20-14-11-12-7-3-4-8-13(12)15(17(22)23)16(14)21-24/h2-4,6-8,11H,1,5,9-10H2,(H,22,23)/b6-2-,20-19?. The molecule has 7 nitrogen and oxygen atoms in total. The van der Waals surface area contributed by atoms with Crippen LogP contribution in [0.1, 0.15) is 16.8 Å². The first-order valence-corrected chi connectivity index (χ1v) is 7.26. The van der Waals surface area contributed by atoms with Crippen molar-refractivity contribution < 1.29 is 9.90 Å². The Morgan fingerprint density at radius 3 is 2.75 bits per heavy atom. The third kappa shape index (κ3) is 3.95. The molecule has 0 unspecified atom stereocenters. The van der Waals surface area contributed by atoms with Crippen LogP contribution < -0.4 is 0 Å². The van der Waals surface area contributed by atoms with Gasteiger partial charge >= 0.3 is 5.97 Å². The second kappa shape index (κ2) is 8.42. The minimum atomic E-state index is -1.23. The molecule has 2 rings (SSSR count). The summed E-state index contributed by atoms with van der Waals surface area (Å²) in [5, 5.41) is 21.3. The predicted octanol–water partition coefficient (Wildman–Crippen LogP) is 4.67. The van der Waals surface area contributed by atoms with Crippen LogP contribution in [0.3, 0.4) is 0 Å². The van der Waals surface area contributed by atoms with Crippen LogP contribution in [0.4, 0.5) is 11.4 Å². The van der Waals surface area contributed by atoms with Crippen LogP contribution in [-0.2, 0) is 0 Å². The molecule has 0 aliphatic rings. The Morgan fingerprint density at radius 1 is 1.25 bits per heavy atom. The Kier molecular flexibility index (Phi) is 6.01. The highest BCUT2D eigenvalue weighted by molar-refractivity contribution is 6.10. The van der Waals surface area contributed by atoms with E-state index in [1.54, 1.807) is 30.3 Å². The molecule has 0 radical (unpaired) electrons. The van der Waals surface area contributed by atoms with E-state index in [1.165, 1.54) is 0 Å². The van der Waals surface area contributed by atoms with Crippen molar-refractivity contribution in [3.63, 3.8) is 0 Å². The summed E-state index contributed by atoms with van der Waals surface area (Å²) in [6, 6.07) is 8.46. The molecule has 24 heavy (non-hydrogen) atoms. The molecule has 2 aromatic rings. The third-order valence-electron chi connectivity index (χ3n) is 3.29. The smallest absolute Gasteiger partial charge is 0.338 e. The van der Waals surface area contributed by atoms with Gasteiger partial charge in [0.1, 0.15) is 5.69 Å². The van der Waals surface area contributed by atoms with Gasteiger partial charge < -0.3 is 10.1 Å². The van der Waals surface area contributed by atoms with Crippen LogP contribution >= 0.6 is 0 Å². The number of hydrogen-bond donors (Lipinski definition) is 1. The van der Waals surface area contributed by atoms with E-state index in [1.807, 2.05) is 12.2 Å². The Balaban J connectivity index is 2.36. The van der Waals surface area contributed by atoms with Gasteiger partial charge in [0, 0.05) is 6.54 Å². The van der Waals surface area contributed by atoms with Crippen molar-refractivity contribution in [1.82, 2.24) is 0 Å². The minimum Gasteiger partial charge on any atom is -0.478 e. The van der Waals surface area contributed by atoms with Crippen molar-refractivity contribution in [2.24, 2.45) is 20.4 Å². The number of rotatable bonds is 8. The molecule has 0 fully saturated rings. The molecule has 0 amide bonds. The molecular weight excluding hydrogens is 308 g/mol. The van der Waals surface area contributed by atoms with Crippen molar-refractivity contribution >= 4 is 34.8 Å². The maximum atomic E-state index is 11.5. The molecule has 1 N–H and O–H groups in total. The van der Waals surface area contributed by atoms with E-state index < -0.39 is 5.97 Å². The first-order chi connectivity index (χ1) is 11.7. The minimum absolute atomic E-state index is 0.141. The highest BCUT2D eigenvalue weighted by atomic mass is 16.4. The Hall–Kier alpha value is -3.22. The van der Waals surface area contributed by atoms with Gasteiger partial charge in [0.05, 0.1) is 12.1 Å². The van der Waals surface area contributed by atoms with Gasteiger partial charge in [0.25, 0.3) is 0 Å². The molecule has 2 aromatic carbocycles.